The maximum Gasteiger partial charge on any atom is 0.0673 e. The summed E-state index contributed by atoms with van der Waals surface area (Å²) < 4.78 is 0. The number of rotatable bonds is 7. The van der Waals surface area contributed by atoms with Gasteiger partial charge in [-0.05, 0) is 38.1 Å². The summed E-state index contributed by atoms with van der Waals surface area (Å²) in [5.41, 5.74) is 7.37. The van der Waals surface area contributed by atoms with Crippen LogP contribution in [0.25, 0.3) is 0 Å². The van der Waals surface area contributed by atoms with Crippen molar-refractivity contribution >= 4 is 0 Å². The Morgan fingerprint density at radius 3 is 2.53 bits per heavy atom. The van der Waals surface area contributed by atoms with Gasteiger partial charge in [-0.3, -0.25) is 9.88 Å². The molecule has 96 valence electrons. The molecule has 1 aromatic rings. The van der Waals surface area contributed by atoms with Gasteiger partial charge in [0, 0.05) is 12.2 Å². The summed E-state index contributed by atoms with van der Waals surface area (Å²) in [5, 5.41) is 0. The van der Waals surface area contributed by atoms with Crippen molar-refractivity contribution in [3.63, 3.8) is 0 Å². The molecule has 0 aliphatic rings. The molecule has 0 fully saturated rings. The Kier molecular flexibility index (Phi) is 6.16. The third-order valence-corrected chi connectivity index (χ3v) is 3.18. The van der Waals surface area contributed by atoms with Crippen molar-refractivity contribution in [3.8, 4) is 0 Å². The normalized spacial score (nSPS) is 14.9. The quantitative estimate of drug-likeness (QED) is 0.790. The van der Waals surface area contributed by atoms with Crippen molar-refractivity contribution < 1.29 is 0 Å². The lowest BCUT2D eigenvalue weighted by Crippen LogP contribution is -2.41. The topological polar surface area (TPSA) is 42.2 Å². The van der Waals surface area contributed by atoms with Crippen LogP contribution >= 0.6 is 0 Å². The molecule has 0 aliphatic heterocycles. The van der Waals surface area contributed by atoms with Gasteiger partial charge < -0.3 is 5.73 Å². The van der Waals surface area contributed by atoms with Gasteiger partial charge in [-0.1, -0.05) is 26.8 Å². The molecule has 0 saturated carbocycles. The molecule has 0 radical (unpaired) electrons. The molecule has 17 heavy (non-hydrogen) atoms. The van der Waals surface area contributed by atoms with Crippen molar-refractivity contribution in [2.75, 3.05) is 13.1 Å². The minimum atomic E-state index is 0.149. The molecule has 3 heteroatoms. The van der Waals surface area contributed by atoms with Crippen LogP contribution in [0.1, 0.15) is 45.3 Å². The van der Waals surface area contributed by atoms with Gasteiger partial charge in [-0.15, -0.1) is 0 Å². The summed E-state index contributed by atoms with van der Waals surface area (Å²) in [4.78, 5) is 6.90. The van der Waals surface area contributed by atoms with E-state index in [0.29, 0.717) is 0 Å². The fraction of sp³-hybridized carbons (Fsp3) is 0.643. The Morgan fingerprint density at radius 2 is 2.06 bits per heavy atom. The molecule has 0 aromatic carbocycles. The lowest BCUT2D eigenvalue weighted by molar-refractivity contribution is 0.174. The van der Waals surface area contributed by atoms with Crippen molar-refractivity contribution in [1.82, 2.24) is 9.88 Å². The number of hydrogen-bond acceptors (Lipinski definition) is 3. The van der Waals surface area contributed by atoms with Gasteiger partial charge in [-0.2, -0.15) is 0 Å². The summed E-state index contributed by atoms with van der Waals surface area (Å²) in [7, 11) is 0. The summed E-state index contributed by atoms with van der Waals surface area (Å²) in [5.74, 6) is 0. The summed E-state index contributed by atoms with van der Waals surface area (Å²) >= 11 is 0. The predicted molar refractivity (Wildman–Crippen MR) is 72.8 cm³/mol. The highest BCUT2D eigenvalue weighted by Gasteiger charge is 2.24. The molecule has 2 N–H and O–H groups in total. The average Bonchev–Trinajstić information content (AvgIpc) is 2.39. The third kappa shape index (κ3) is 3.79. The summed E-state index contributed by atoms with van der Waals surface area (Å²) in [6.07, 6.45) is 3.97. The first-order valence-electron chi connectivity index (χ1n) is 6.65. The van der Waals surface area contributed by atoms with Gasteiger partial charge in [-0.25, -0.2) is 0 Å². The fourth-order valence-corrected chi connectivity index (χ4v) is 2.23. The molecule has 0 aliphatic carbocycles. The smallest absolute Gasteiger partial charge is 0.0673 e. The van der Waals surface area contributed by atoms with Gasteiger partial charge >= 0.3 is 0 Å². The van der Waals surface area contributed by atoms with E-state index in [9.17, 15) is 0 Å². The monoisotopic (exact) mass is 235 g/mol. The largest absolute Gasteiger partial charge is 0.326 e. The Bertz CT molecular complexity index is 300. The van der Waals surface area contributed by atoms with Crippen LogP contribution in [0.3, 0.4) is 0 Å². The Labute approximate surface area is 105 Å². The van der Waals surface area contributed by atoms with E-state index < -0.39 is 0 Å². The van der Waals surface area contributed by atoms with E-state index in [4.69, 9.17) is 5.73 Å². The van der Waals surface area contributed by atoms with Crippen molar-refractivity contribution in [3.05, 3.63) is 30.1 Å². The molecule has 1 aromatic heterocycles. The zero-order valence-corrected chi connectivity index (χ0v) is 11.3. The van der Waals surface area contributed by atoms with E-state index >= 15 is 0 Å². The highest BCUT2D eigenvalue weighted by Crippen LogP contribution is 2.23. The highest BCUT2D eigenvalue weighted by molar-refractivity contribution is 5.11. The van der Waals surface area contributed by atoms with Crippen molar-refractivity contribution in [1.29, 1.82) is 0 Å². The number of hydrogen-bond donors (Lipinski definition) is 1. The van der Waals surface area contributed by atoms with Gasteiger partial charge in [0.25, 0.3) is 0 Å². The number of nitrogens with two attached hydrogens (primary N) is 1. The van der Waals surface area contributed by atoms with E-state index in [-0.39, 0.29) is 12.1 Å². The second-order valence-corrected chi connectivity index (χ2v) is 4.40. The minimum Gasteiger partial charge on any atom is -0.326 e. The first-order valence-corrected chi connectivity index (χ1v) is 6.65. The third-order valence-electron chi connectivity index (χ3n) is 3.18. The van der Waals surface area contributed by atoms with Crippen LogP contribution in [-0.4, -0.2) is 29.0 Å². The molecule has 3 nitrogen and oxygen atoms in total. The molecule has 0 saturated heterocycles. The first-order chi connectivity index (χ1) is 8.24. The predicted octanol–water partition coefficient (Wildman–Crippen LogP) is 2.59. The maximum atomic E-state index is 6.27. The number of aromatic nitrogens is 1. The standard InChI is InChI=1S/C14H25N3/c1-4-11-17(6-3)14(12(15)5-2)13-9-7-8-10-16-13/h7-10,12,14H,4-6,11,15H2,1-3H3. The minimum absolute atomic E-state index is 0.149. The van der Waals surface area contributed by atoms with Crippen LogP contribution in [0.15, 0.2) is 24.4 Å². The zero-order valence-electron chi connectivity index (χ0n) is 11.3. The summed E-state index contributed by atoms with van der Waals surface area (Å²) in [6, 6.07) is 6.46. The van der Waals surface area contributed by atoms with Gasteiger partial charge in [0.15, 0.2) is 0 Å². The second kappa shape index (κ2) is 7.41. The maximum absolute atomic E-state index is 6.27. The SMILES string of the molecule is CCCN(CC)C(c1ccccn1)C(N)CC. The molecule has 2 atom stereocenters. The molecule has 0 amide bonds. The van der Waals surface area contributed by atoms with E-state index in [0.717, 1.165) is 31.6 Å². The molecule has 0 bridgehead atoms. The van der Waals surface area contributed by atoms with Crippen LogP contribution in [0, 0.1) is 0 Å². The average molecular weight is 235 g/mol. The number of likely N-dealkylation sites (N-methyl/N-ethyl adjacent to an activating group) is 1. The second-order valence-electron chi connectivity index (χ2n) is 4.40. The lowest BCUT2D eigenvalue weighted by Gasteiger charge is -2.33. The van der Waals surface area contributed by atoms with Crippen LogP contribution < -0.4 is 5.73 Å². The van der Waals surface area contributed by atoms with E-state index in [2.05, 4.69) is 36.7 Å². The molecular formula is C14H25N3. The Hall–Kier alpha value is -0.930. The van der Waals surface area contributed by atoms with Crippen molar-refractivity contribution in [2.45, 2.75) is 45.7 Å². The Balaban J connectivity index is 2.94. The van der Waals surface area contributed by atoms with Crippen LogP contribution in [0.4, 0.5) is 0 Å². The van der Waals surface area contributed by atoms with Gasteiger partial charge in [0.2, 0.25) is 0 Å². The van der Waals surface area contributed by atoms with E-state index in [1.54, 1.807) is 0 Å². The van der Waals surface area contributed by atoms with Crippen LogP contribution in [0.2, 0.25) is 0 Å². The lowest BCUT2D eigenvalue weighted by atomic mass is 10.0. The molecular weight excluding hydrogens is 210 g/mol. The molecule has 0 spiro atoms. The number of nitrogens with zero attached hydrogens (tertiary/aromatic N) is 2. The number of pyridine rings is 1. The van der Waals surface area contributed by atoms with Crippen molar-refractivity contribution in [2.24, 2.45) is 5.73 Å². The zero-order chi connectivity index (χ0) is 12.7. The van der Waals surface area contributed by atoms with E-state index in [1.807, 2.05) is 18.3 Å². The summed E-state index contributed by atoms with van der Waals surface area (Å²) in [6.45, 7) is 8.62. The van der Waals surface area contributed by atoms with Gasteiger partial charge in [0.05, 0.1) is 11.7 Å². The Morgan fingerprint density at radius 1 is 1.29 bits per heavy atom. The molecule has 1 rings (SSSR count). The first kappa shape index (κ1) is 14.1. The van der Waals surface area contributed by atoms with Gasteiger partial charge in [0.1, 0.15) is 0 Å². The van der Waals surface area contributed by atoms with Crippen LogP contribution in [0.5, 0.6) is 0 Å². The highest BCUT2D eigenvalue weighted by atomic mass is 15.2. The molecule has 2 unspecified atom stereocenters. The van der Waals surface area contributed by atoms with E-state index in [1.165, 1.54) is 0 Å². The van der Waals surface area contributed by atoms with Crippen LogP contribution in [-0.2, 0) is 0 Å². The fourth-order valence-electron chi connectivity index (χ4n) is 2.23. The molecule has 1 heterocycles.